The van der Waals surface area contributed by atoms with E-state index in [1.54, 1.807) is 7.11 Å². The molecule has 2 aromatic carbocycles. The molecule has 4 nitrogen and oxygen atoms in total. The fourth-order valence-electron chi connectivity index (χ4n) is 2.03. The molecule has 0 aliphatic rings. The molecule has 0 spiro atoms. The molecule has 5 heteroatoms. The molecule has 0 aromatic heterocycles. The van der Waals surface area contributed by atoms with Gasteiger partial charge in [-0.3, -0.25) is 4.79 Å². The summed E-state index contributed by atoms with van der Waals surface area (Å²) in [6.07, 6.45) is 0.377. The van der Waals surface area contributed by atoms with Crippen LogP contribution in [0.2, 0.25) is 5.02 Å². The molecule has 0 radical (unpaired) electrons. The van der Waals surface area contributed by atoms with Gasteiger partial charge in [0.05, 0.1) is 12.8 Å². The quantitative estimate of drug-likeness (QED) is 0.769. The van der Waals surface area contributed by atoms with Gasteiger partial charge in [0.15, 0.2) is 0 Å². The minimum Gasteiger partial charge on any atom is -0.495 e. The van der Waals surface area contributed by atoms with Crippen LogP contribution in [-0.4, -0.2) is 19.6 Å². The maximum Gasteiger partial charge on any atom is 0.225 e. The Kier molecular flexibility index (Phi) is 6.25. The topological polar surface area (TPSA) is 50.4 Å². The van der Waals surface area contributed by atoms with E-state index in [0.717, 1.165) is 10.6 Å². The molecule has 0 bridgehead atoms. The van der Waals surface area contributed by atoms with Crippen LogP contribution >= 0.6 is 11.6 Å². The summed E-state index contributed by atoms with van der Waals surface area (Å²) in [6, 6.07) is 15.0. The molecule has 2 aromatic rings. The van der Waals surface area contributed by atoms with Crippen LogP contribution in [0, 0.1) is 0 Å². The van der Waals surface area contributed by atoms with Gasteiger partial charge in [-0.1, -0.05) is 41.9 Å². The molecule has 0 aliphatic heterocycles. The Morgan fingerprint density at radius 1 is 1.14 bits per heavy atom. The highest BCUT2D eigenvalue weighted by molar-refractivity contribution is 6.31. The zero-order valence-corrected chi connectivity index (χ0v) is 13.2. The second-order valence-electron chi connectivity index (χ2n) is 4.77. The first-order valence-corrected chi connectivity index (χ1v) is 7.45. The molecular weight excluding hydrogens is 300 g/mol. The number of nitrogens with one attached hydrogen (secondary N) is 2. The van der Waals surface area contributed by atoms with Crippen molar-refractivity contribution >= 4 is 23.2 Å². The Labute approximate surface area is 135 Å². The summed E-state index contributed by atoms with van der Waals surface area (Å²) in [4.78, 5) is 11.9. The molecule has 0 unspecified atom stereocenters. The number of rotatable bonds is 7. The monoisotopic (exact) mass is 318 g/mol. The molecule has 116 valence electrons. The van der Waals surface area contributed by atoms with E-state index in [9.17, 15) is 4.79 Å². The highest BCUT2D eigenvalue weighted by Gasteiger charge is 2.06. The number of benzene rings is 2. The lowest BCUT2D eigenvalue weighted by Crippen LogP contribution is -2.21. The van der Waals surface area contributed by atoms with E-state index < -0.39 is 0 Å². The number of hydrogen-bond acceptors (Lipinski definition) is 3. The Morgan fingerprint density at radius 3 is 2.64 bits per heavy atom. The number of ether oxygens (including phenoxy) is 1. The van der Waals surface area contributed by atoms with Crippen LogP contribution in [0.3, 0.4) is 0 Å². The van der Waals surface area contributed by atoms with Crippen LogP contribution in [0.15, 0.2) is 48.5 Å². The van der Waals surface area contributed by atoms with Crippen molar-refractivity contribution in [1.29, 1.82) is 0 Å². The van der Waals surface area contributed by atoms with E-state index in [2.05, 4.69) is 10.6 Å². The number of anilines is 1. The van der Waals surface area contributed by atoms with Crippen LogP contribution in [0.5, 0.6) is 5.75 Å². The van der Waals surface area contributed by atoms with Gasteiger partial charge in [-0.2, -0.15) is 0 Å². The first kappa shape index (κ1) is 16.3. The predicted octanol–water partition coefficient (Wildman–Crippen LogP) is 3.47. The molecule has 0 saturated heterocycles. The molecule has 0 heterocycles. The second-order valence-corrected chi connectivity index (χ2v) is 5.17. The van der Waals surface area contributed by atoms with Gasteiger partial charge in [0, 0.05) is 24.5 Å². The number of carbonyl (C=O) groups is 1. The SMILES string of the molecule is COc1ccccc1NC(=O)CCNCc1ccccc1Cl. The van der Waals surface area contributed by atoms with Crippen LogP contribution in [0.1, 0.15) is 12.0 Å². The van der Waals surface area contributed by atoms with Crippen LogP contribution in [0.25, 0.3) is 0 Å². The molecule has 2 N–H and O–H groups in total. The van der Waals surface area contributed by atoms with Gasteiger partial charge in [-0.05, 0) is 23.8 Å². The number of carbonyl (C=O) groups excluding carboxylic acids is 1. The zero-order chi connectivity index (χ0) is 15.8. The van der Waals surface area contributed by atoms with Gasteiger partial charge in [0.1, 0.15) is 5.75 Å². The van der Waals surface area contributed by atoms with Gasteiger partial charge in [0.2, 0.25) is 5.91 Å². The molecule has 0 aliphatic carbocycles. The van der Waals surface area contributed by atoms with E-state index in [0.29, 0.717) is 30.9 Å². The van der Waals surface area contributed by atoms with Crippen molar-refractivity contribution in [3.05, 3.63) is 59.1 Å². The highest BCUT2D eigenvalue weighted by Crippen LogP contribution is 2.22. The largest absolute Gasteiger partial charge is 0.495 e. The van der Waals surface area contributed by atoms with Crippen LogP contribution in [0.4, 0.5) is 5.69 Å². The van der Waals surface area contributed by atoms with Gasteiger partial charge in [-0.25, -0.2) is 0 Å². The van der Waals surface area contributed by atoms with Crippen molar-refractivity contribution in [2.24, 2.45) is 0 Å². The first-order valence-electron chi connectivity index (χ1n) is 7.07. The summed E-state index contributed by atoms with van der Waals surface area (Å²) in [6.45, 7) is 1.22. The fraction of sp³-hybridized carbons (Fsp3) is 0.235. The zero-order valence-electron chi connectivity index (χ0n) is 12.4. The lowest BCUT2D eigenvalue weighted by atomic mass is 10.2. The molecular formula is C17H19ClN2O2. The summed E-state index contributed by atoms with van der Waals surface area (Å²) >= 11 is 6.07. The Bertz CT molecular complexity index is 632. The molecule has 1 amide bonds. The van der Waals surface area contributed by atoms with Crippen molar-refractivity contribution in [2.45, 2.75) is 13.0 Å². The highest BCUT2D eigenvalue weighted by atomic mass is 35.5. The first-order chi connectivity index (χ1) is 10.7. The molecule has 22 heavy (non-hydrogen) atoms. The van der Waals surface area contributed by atoms with E-state index in [-0.39, 0.29) is 5.91 Å². The molecule has 0 fully saturated rings. The summed E-state index contributed by atoms with van der Waals surface area (Å²) in [5, 5.41) is 6.78. The summed E-state index contributed by atoms with van der Waals surface area (Å²) in [5.41, 5.74) is 1.70. The van der Waals surface area contributed by atoms with E-state index in [4.69, 9.17) is 16.3 Å². The number of methoxy groups -OCH3 is 1. The van der Waals surface area contributed by atoms with Crippen LogP contribution < -0.4 is 15.4 Å². The van der Waals surface area contributed by atoms with Crippen molar-refractivity contribution in [1.82, 2.24) is 5.32 Å². The third-order valence-corrected chi connectivity index (χ3v) is 3.55. The lowest BCUT2D eigenvalue weighted by Gasteiger charge is -2.10. The summed E-state index contributed by atoms with van der Waals surface area (Å²) in [5.74, 6) is 0.594. The Hall–Kier alpha value is -2.04. The van der Waals surface area contributed by atoms with Crippen molar-refractivity contribution in [3.8, 4) is 5.75 Å². The third-order valence-electron chi connectivity index (χ3n) is 3.18. The van der Waals surface area contributed by atoms with Crippen molar-refractivity contribution < 1.29 is 9.53 Å². The maximum atomic E-state index is 11.9. The average molecular weight is 319 g/mol. The number of amides is 1. The summed E-state index contributed by atoms with van der Waals surface area (Å²) < 4.78 is 5.20. The maximum absolute atomic E-state index is 11.9. The Morgan fingerprint density at radius 2 is 1.86 bits per heavy atom. The van der Waals surface area contributed by atoms with E-state index in [1.165, 1.54) is 0 Å². The number of para-hydroxylation sites is 2. The molecule has 0 atom stereocenters. The average Bonchev–Trinajstić information content (AvgIpc) is 2.53. The normalized spacial score (nSPS) is 10.3. The molecule has 0 saturated carbocycles. The number of hydrogen-bond donors (Lipinski definition) is 2. The third kappa shape index (κ3) is 4.76. The molecule has 2 rings (SSSR count). The van der Waals surface area contributed by atoms with Gasteiger partial charge in [-0.15, -0.1) is 0 Å². The van der Waals surface area contributed by atoms with Gasteiger partial charge in [0.25, 0.3) is 0 Å². The number of halogens is 1. The van der Waals surface area contributed by atoms with E-state index >= 15 is 0 Å². The predicted molar refractivity (Wildman–Crippen MR) is 89.4 cm³/mol. The standard InChI is InChI=1S/C17H19ClN2O2/c1-22-16-9-5-4-8-15(16)20-17(21)10-11-19-12-13-6-2-3-7-14(13)18/h2-9,19H,10-12H2,1H3,(H,20,21). The van der Waals surface area contributed by atoms with E-state index in [1.807, 2.05) is 48.5 Å². The fourth-order valence-corrected chi connectivity index (χ4v) is 2.23. The van der Waals surface area contributed by atoms with Gasteiger partial charge < -0.3 is 15.4 Å². The van der Waals surface area contributed by atoms with Crippen molar-refractivity contribution in [3.63, 3.8) is 0 Å². The Balaban J connectivity index is 1.75. The second kappa shape index (κ2) is 8.41. The van der Waals surface area contributed by atoms with Crippen molar-refractivity contribution in [2.75, 3.05) is 19.0 Å². The minimum atomic E-state index is -0.0591. The smallest absolute Gasteiger partial charge is 0.225 e. The minimum absolute atomic E-state index is 0.0591. The van der Waals surface area contributed by atoms with Crippen LogP contribution in [-0.2, 0) is 11.3 Å². The summed E-state index contributed by atoms with van der Waals surface area (Å²) in [7, 11) is 1.58. The van der Waals surface area contributed by atoms with Gasteiger partial charge >= 0.3 is 0 Å². The lowest BCUT2D eigenvalue weighted by molar-refractivity contribution is -0.116.